The average Bonchev–Trinajstić information content (AvgIpc) is 3.44. The fraction of sp³-hybridized carbons (Fsp3) is 0.318. The van der Waals surface area contributed by atoms with E-state index < -0.39 is 0 Å². The third kappa shape index (κ3) is 4.92. The van der Waals surface area contributed by atoms with Crippen LogP contribution in [-0.2, 0) is 22.4 Å². The van der Waals surface area contributed by atoms with E-state index in [1.165, 1.54) is 9.75 Å². The number of thiophene rings is 1. The van der Waals surface area contributed by atoms with Gasteiger partial charge in [-0.3, -0.25) is 9.59 Å². The smallest absolute Gasteiger partial charge is 0.227 e. The van der Waals surface area contributed by atoms with Gasteiger partial charge < -0.3 is 10.2 Å². The van der Waals surface area contributed by atoms with Crippen molar-refractivity contribution in [3.8, 4) is 10.6 Å². The Hall–Kier alpha value is -2.51. The summed E-state index contributed by atoms with van der Waals surface area (Å²) >= 11 is 3.39. The maximum Gasteiger partial charge on any atom is 0.227 e. The molecule has 1 aliphatic heterocycles. The van der Waals surface area contributed by atoms with Crippen molar-refractivity contribution in [3.63, 3.8) is 0 Å². The first kappa shape index (κ1) is 19.8. The molecule has 0 bridgehead atoms. The Balaban J connectivity index is 1.24. The number of aryl methyl sites for hydroxylation is 1. The van der Waals surface area contributed by atoms with Crippen molar-refractivity contribution < 1.29 is 9.59 Å². The predicted molar refractivity (Wildman–Crippen MR) is 119 cm³/mol. The highest BCUT2D eigenvalue weighted by Gasteiger charge is 2.21. The Kier molecular flexibility index (Phi) is 6.06. The number of aromatic nitrogens is 1. The first-order chi connectivity index (χ1) is 14.1. The largest absolute Gasteiger partial charge is 0.355 e. The summed E-state index contributed by atoms with van der Waals surface area (Å²) < 4.78 is 0. The molecule has 2 amide bonds. The summed E-state index contributed by atoms with van der Waals surface area (Å²) in [6.07, 6.45) is 2.70. The predicted octanol–water partition coefficient (Wildman–Crippen LogP) is 4.21. The van der Waals surface area contributed by atoms with E-state index in [1.54, 1.807) is 22.7 Å². The minimum Gasteiger partial charge on any atom is -0.355 e. The van der Waals surface area contributed by atoms with Gasteiger partial charge in [0.25, 0.3) is 0 Å². The van der Waals surface area contributed by atoms with Crippen LogP contribution >= 0.6 is 22.7 Å². The highest BCUT2D eigenvalue weighted by Crippen LogP contribution is 2.29. The SMILES string of the molecule is Cc1nc(-c2ccc(CCNC(=O)Cc3ccc(N4CCCC4=O)cc3)s2)cs1. The Morgan fingerprint density at radius 1 is 1.21 bits per heavy atom. The van der Waals surface area contributed by atoms with E-state index in [-0.39, 0.29) is 11.8 Å². The summed E-state index contributed by atoms with van der Waals surface area (Å²) in [7, 11) is 0. The van der Waals surface area contributed by atoms with Crippen molar-refractivity contribution in [2.45, 2.75) is 32.6 Å². The summed E-state index contributed by atoms with van der Waals surface area (Å²) in [6.45, 7) is 3.41. The molecule has 0 radical (unpaired) electrons. The van der Waals surface area contributed by atoms with Crippen molar-refractivity contribution in [1.29, 1.82) is 0 Å². The van der Waals surface area contributed by atoms with E-state index in [2.05, 4.69) is 27.8 Å². The molecular weight excluding hydrogens is 402 g/mol. The van der Waals surface area contributed by atoms with Crippen LogP contribution in [-0.4, -0.2) is 29.9 Å². The second-order valence-electron chi connectivity index (χ2n) is 7.11. The van der Waals surface area contributed by atoms with Gasteiger partial charge in [-0.15, -0.1) is 22.7 Å². The first-order valence-electron chi connectivity index (χ1n) is 9.76. The summed E-state index contributed by atoms with van der Waals surface area (Å²) in [5.41, 5.74) is 2.91. The van der Waals surface area contributed by atoms with Crippen molar-refractivity contribution >= 4 is 40.2 Å². The summed E-state index contributed by atoms with van der Waals surface area (Å²) in [5, 5.41) is 6.15. The van der Waals surface area contributed by atoms with Gasteiger partial charge in [-0.1, -0.05) is 12.1 Å². The molecule has 0 spiro atoms. The van der Waals surface area contributed by atoms with Gasteiger partial charge in [-0.25, -0.2) is 4.98 Å². The first-order valence-corrected chi connectivity index (χ1v) is 11.5. The van der Waals surface area contributed by atoms with Gasteiger partial charge in [0, 0.05) is 35.5 Å². The fourth-order valence-electron chi connectivity index (χ4n) is 3.41. The molecule has 1 saturated heterocycles. The van der Waals surface area contributed by atoms with Gasteiger partial charge in [0.2, 0.25) is 11.8 Å². The summed E-state index contributed by atoms with van der Waals surface area (Å²) in [4.78, 5) is 32.8. The fourth-order valence-corrected chi connectivity index (χ4v) is 5.07. The van der Waals surface area contributed by atoms with Gasteiger partial charge >= 0.3 is 0 Å². The normalized spacial score (nSPS) is 13.8. The molecule has 4 rings (SSSR count). The maximum atomic E-state index is 12.2. The number of carbonyl (C=O) groups is 2. The molecular formula is C22H23N3O2S2. The van der Waals surface area contributed by atoms with Crippen molar-refractivity contribution in [2.75, 3.05) is 18.0 Å². The molecule has 0 aliphatic carbocycles. The Morgan fingerprint density at radius 3 is 2.72 bits per heavy atom. The number of nitrogens with zero attached hydrogens (tertiary/aromatic N) is 2. The molecule has 0 unspecified atom stereocenters. The van der Waals surface area contributed by atoms with E-state index in [4.69, 9.17) is 0 Å². The molecule has 0 atom stereocenters. The lowest BCUT2D eigenvalue weighted by atomic mass is 10.1. The topological polar surface area (TPSA) is 62.3 Å². The molecule has 1 fully saturated rings. The number of thiazole rings is 1. The van der Waals surface area contributed by atoms with Crippen LogP contribution in [0.2, 0.25) is 0 Å². The molecule has 2 aromatic heterocycles. The Bertz CT molecular complexity index is 1010. The molecule has 7 heteroatoms. The minimum atomic E-state index is 0.0157. The van der Waals surface area contributed by atoms with E-state index in [0.717, 1.165) is 41.3 Å². The molecule has 0 saturated carbocycles. The van der Waals surface area contributed by atoms with Crippen molar-refractivity contribution in [1.82, 2.24) is 10.3 Å². The van der Waals surface area contributed by atoms with Gasteiger partial charge in [-0.2, -0.15) is 0 Å². The zero-order valence-corrected chi connectivity index (χ0v) is 17.9. The number of carbonyl (C=O) groups excluding carboxylic acids is 2. The monoisotopic (exact) mass is 425 g/mol. The average molecular weight is 426 g/mol. The molecule has 29 heavy (non-hydrogen) atoms. The van der Waals surface area contributed by atoms with Gasteiger partial charge in [0.1, 0.15) is 0 Å². The molecule has 5 nitrogen and oxygen atoms in total. The number of anilines is 1. The van der Waals surface area contributed by atoms with Crippen LogP contribution in [0, 0.1) is 6.92 Å². The lowest BCUT2D eigenvalue weighted by Crippen LogP contribution is -2.27. The lowest BCUT2D eigenvalue weighted by Gasteiger charge is -2.15. The second-order valence-corrected chi connectivity index (χ2v) is 9.34. The van der Waals surface area contributed by atoms with Crippen LogP contribution < -0.4 is 10.2 Å². The number of hydrogen-bond acceptors (Lipinski definition) is 5. The van der Waals surface area contributed by atoms with Gasteiger partial charge in [0.15, 0.2) is 0 Å². The van der Waals surface area contributed by atoms with Gasteiger partial charge in [-0.05, 0) is 49.6 Å². The van der Waals surface area contributed by atoms with Crippen LogP contribution in [0.1, 0.15) is 28.3 Å². The van der Waals surface area contributed by atoms with E-state index in [0.29, 0.717) is 19.4 Å². The quantitative estimate of drug-likeness (QED) is 0.617. The van der Waals surface area contributed by atoms with Crippen molar-refractivity contribution in [2.24, 2.45) is 0 Å². The third-order valence-electron chi connectivity index (χ3n) is 4.91. The Morgan fingerprint density at radius 2 is 2.03 bits per heavy atom. The molecule has 3 heterocycles. The van der Waals surface area contributed by atoms with Crippen LogP contribution in [0.4, 0.5) is 5.69 Å². The van der Waals surface area contributed by atoms with E-state index in [1.807, 2.05) is 36.1 Å². The molecule has 150 valence electrons. The van der Waals surface area contributed by atoms with Crippen LogP contribution in [0.5, 0.6) is 0 Å². The minimum absolute atomic E-state index is 0.0157. The molecule has 1 aliphatic rings. The molecule has 3 aromatic rings. The highest BCUT2D eigenvalue weighted by atomic mass is 32.1. The number of nitrogens with one attached hydrogen (secondary N) is 1. The number of benzene rings is 1. The summed E-state index contributed by atoms with van der Waals surface area (Å²) in [5.74, 6) is 0.194. The highest BCUT2D eigenvalue weighted by molar-refractivity contribution is 7.16. The van der Waals surface area contributed by atoms with E-state index in [9.17, 15) is 9.59 Å². The van der Waals surface area contributed by atoms with Gasteiger partial charge in [0.05, 0.1) is 22.0 Å². The molecule has 1 N–H and O–H groups in total. The zero-order chi connectivity index (χ0) is 20.2. The summed E-state index contributed by atoms with van der Waals surface area (Å²) in [6, 6.07) is 11.9. The Labute approximate surface area is 178 Å². The van der Waals surface area contributed by atoms with Crippen LogP contribution in [0.15, 0.2) is 41.8 Å². The third-order valence-corrected chi connectivity index (χ3v) is 6.85. The van der Waals surface area contributed by atoms with Crippen molar-refractivity contribution in [3.05, 3.63) is 57.2 Å². The number of rotatable bonds is 7. The standard InChI is InChI=1S/C22H23N3O2S2/c1-15-24-19(14-28-15)20-9-8-18(29-20)10-11-23-21(26)13-16-4-6-17(7-5-16)25-12-2-3-22(25)27/h4-9,14H,2-3,10-13H2,1H3,(H,23,26). The lowest BCUT2D eigenvalue weighted by molar-refractivity contribution is -0.120. The number of hydrogen-bond donors (Lipinski definition) is 1. The zero-order valence-electron chi connectivity index (χ0n) is 16.3. The molecule has 1 aromatic carbocycles. The second kappa shape index (κ2) is 8.88. The van der Waals surface area contributed by atoms with Crippen LogP contribution in [0.25, 0.3) is 10.6 Å². The maximum absolute atomic E-state index is 12.2. The van der Waals surface area contributed by atoms with E-state index >= 15 is 0 Å². The van der Waals surface area contributed by atoms with Crippen LogP contribution in [0.3, 0.4) is 0 Å². The number of amides is 2.